The van der Waals surface area contributed by atoms with Crippen molar-refractivity contribution < 1.29 is 9.47 Å². The molecule has 0 radical (unpaired) electrons. The Labute approximate surface area is 151 Å². The molecule has 2 nitrogen and oxygen atoms in total. The topological polar surface area (TPSA) is 18.5 Å². The number of thiocarbonyl (C=S) groups is 1. The summed E-state index contributed by atoms with van der Waals surface area (Å²) in [6.07, 6.45) is 1.20. The van der Waals surface area contributed by atoms with Crippen LogP contribution < -0.4 is 0 Å². The predicted molar refractivity (Wildman–Crippen MR) is 105 cm³/mol. The fraction of sp³-hybridized carbons (Fsp3) is 0.381. The molecule has 2 aromatic rings. The van der Waals surface area contributed by atoms with Crippen molar-refractivity contribution in [2.24, 2.45) is 0 Å². The Hall–Kier alpha value is -1.87. The van der Waals surface area contributed by atoms with Crippen LogP contribution in [0, 0.1) is 0 Å². The van der Waals surface area contributed by atoms with Crippen LogP contribution in [0.2, 0.25) is 0 Å². The minimum atomic E-state index is 0.0601. The van der Waals surface area contributed by atoms with Crippen molar-refractivity contribution in [3.8, 4) is 0 Å². The van der Waals surface area contributed by atoms with Gasteiger partial charge >= 0.3 is 5.24 Å². The molecule has 0 spiro atoms. The molecule has 1 aliphatic heterocycles. The van der Waals surface area contributed by atoms with Crippen LogP contribution >= 0.6 is 12.2 Å². The van der Waals surface area contributed by atoms with E-state index in [-0.39, 0.29) is 11.3 Å². The first kappa shape index (κ1) is 20.2. The second kappa shape index (κ2) is 11.6. The van der Waals surface area contributed by atoms with Gasteiger partial charge in [0.25, 0.3) is 0 Å². The molecule has 1 heterocycles. The van der Waals surface area contributed by atoms with Crippen molar-refractivity contribution in [2.75, 3.05) is 6.61 Å². The lowest BCUT2D eigenvalue weighted by molar-refractivity contribution is 0.201. The first-order chi connectivity index (χ1) is 11.7. The van der Waals surface area contributed by atoms with E-state index in [1.807, 2.05) is 38.1 Å². The Morgan fingerprint density at radius 1 is 1.00 bits per heavy atom. The third-order valence-corrected chi connectivity index (χ3v) is 3.96. The van der Waals surface area contributed by atoms with Gasteiger partial charge in [-0.15, -0.1) is 0 Å². The van der Waals surface area contributed by atoms with Crippen molar-refractivity contribution in [3.05, 3.63) is 71.8 Å². The Bertz CT molecular complexity index is 569. The van der Waals surface area contributed by atoms with E-state index in [2.05, 4.69) is 50.2 Å². The molecule has 1 aliphatic rings. The van der Waals surface area contributed by atoms with Gasteiger partial charge in [0.15, 0.2) is 0 Å². The van der Waals surface area contributed by atoms with Crippen LogP contribution in [-0.2, 0) is 15.9 Å². The zero-order valence-electron chi connectivity index (χ0n) is 15.1. The number of ether oxygens (including phenoxy) is 2. The molecule has 1 saturated heterocycles. The van der Waals surface area contributed by atoms with Crippen molar-refractivity contribution in [1.82, 2.24) is 0 Å². The SMILES string of the molecule is CC.CC(c1ccccc1)C1COC(=S)O1.CCc1ccccc1. The Morgan fingerprint density at radius 2 is 1.54 bits per heavy atom. The van der Waals surface area contributed by atoms with Gasteiger partial charge in [0, 0.05) is 18.1 Å². The molecule has 3 heteroatoms. The molecule has 2 atom stereocenters. The predicted octanol–water partition coefficient (Wildman–Crippen LogP) is 5.77. The lowest BCUT2D eigenvalue weighted by Gasteiger charge is -2.16. The molecule has 2 aromatic carbocycles. The third-order valence-electron chi connectivity index (χ3n) is 3.75. The maximum Gasteiger partial charge on any atom is 0.352 e. The van der Waals surface area contributed by atoms with E-state index in [0.29, 0.717) is 12.5 Å². The van der Waals surface area contributed by atoms with Crippen molar-refractivity contribution >= 4 is 17.5 Å². The summed E-state index contributed by atoms with van der Waals surface area (Å²) in [5.74, 6) is 0.316. The van der Waals surface area contributed by atoms with Gasteiger partial charge in [-0.1, -0.05) is 88.4 Å². The van der Waals surface area contributed by atoms with Crippen LogP contribution in [-0.4, -0.2) is 17.9 Å². The summed E-state index contributed by atoms with van der Waals surface area (Å²) in [5.41, 5.74) is 2.67. The molecule has 0 N–H and O–H groups in total. The summed E-state index contributed by atoms with van der Waals surface area (Å²) in [6.45, 7) is 8.85. The lowest BCUT2D eigenvalue weighted by atomic mass is 9.96. The Balaban J connectivity index is 0.000000245. The first-order valence-electron chi connectivity index (χ1n) is 8.63. The third kappa shape index (κ3) is 6.71. The van der Waals surface area contributed by atoms with E-state index in [9.17, 15) is 0 Å². The molecule has 24 heavy (non-hydrogen) atoms. The summed E-state index contributed by atoms with van der Waals surface area (Å²) in [4.78, 5) is 0. The Morgan fingerprint density at radius 3 is 1.96 bits per heavy atom. The van der Waals surface area contributed by atoms with Crippen LogP contribution in [0.4, 0.5) is 0 Å². The molecule has 0 bridgehead atoms. The van der Waals surface area contributed by atoms with E-state index in [1.54, 1.807) is 0 Å². The number of hydrogen-bond acceptors (Lipinski definition) is 3. The molecular weight excluding hydrogens is 316 g/mol. The van der Waals surface area contributed by atoms with E-state index in [0.717, 1.165) is 6.42 Å². The van der Waals surface area contributed by atoms with Crippen LogP contribution in [0.15, 0.2) is 60.7 Å². The maximum atomic E-state index is 5.39. The smallest absolute Gasteiger partial charge is 0.352 e. The average Bonchev–Trinajstić information content (AvgIpc) is 3.11. The van der Waals surface area contributed by atoms with Gasteiger partial charge in [0.2, 0.25) is 0 Å². The van der Waals surface area contributed by atoms with E-state index in [4.69, 9.17) is 21.7 Å². The summed E-state index contributed by atoms with van der Waals surface area (Å²) in [7, 11) is 0. The highest BCUT2D eigenvalue weighted by Gasteiger charge is 2.28. The summed E-state index contributed by atoms with van der Waals surface area (Å²) < 4.78 is 10.5. The van der Waals surface area contributed by atoms with Crippen molar-refractivity contribution in [2.45, 2.75) is 46.1 Å². The molecule has 0 aromatic heterocycles. The fourth-order valence-corrected chi connectivity index (χ4v) is 2.46. The normalized spacial score (nSPS) is 16.5. The van der Waals surface area contributed by atoms with Gasteiger partial charge < -0.3 is 9.47 Å². The van der Waals surface area contributed by atoms with Crippen LogP contribution in [0.25, 0.3) is 0 Å². The second-order valence-corrected chi connectivity index (χ2v) is 5.59. The average molecular weight is 345 g/mol. The minimum Gasteiger partial charge on any atom is -0.453 e. The molecule has 0 aliphatic carbocycles. The monoisotopic (exact) mass is 344 g/mol. The zero-order chi connectivity index (χ0) is 17.8. The van der Waals surface area contributed by atoms with Crippen LogP contribution in [0.5, 0.6) is 0 Å². The number of rotatable bonds is 3. The largest absolute Gasteiger partial charge is 0.453 e. The molecule has 3 rings (SSSR count). The molecule has 130 valence electrons. The van der Waals surface area contributed by atoms with Gasteiger partial charge in [0.1, 0.15) is 12.7 Å². The van der Waals surface area contributed by atoms with E-state index >= 15 is 0 Å². The number of hydrogen-bond donors (Lipinski definition) is 0. The highest BCUT2D eigenvalue weighted by atomic mass is 32.1. The minimum absolute atomic E-state index is 0.0601. The van der Waals surface area contributed by atoms with E-state index in [1.165, 1.54) is 11.1 Å². The molecule has 0 amide bonds. The van der Waals surface area contributed by atoms with E-state index < -0.39 is 0 Å². The Kier molecular flexibility index (Phi) is 9.78. The van der Waals surface area contributed by atoms with Gasteiger partial charge in [0.05, 0.1) is 0 Å². The zero-order valence-corrected chi connectivity index (χ0v) is 15.9. The maximum absolute atomic E-state index is 5.39. The molecule has 2 unspecified atom stereocenters. The highest BCUT2D eigenvalue weighted by Crippen LogP contribution is 2.25. The van der Waals surface area contributed by atoms with Gasteiger partial charge in [-0.05, 0) is 17.5 Å². The van der Waals surface area contributed by atoms with Crippen molar-refractivity contribution in [3.63, 3.8) is 0 Å². The quantitative estimate of drug-likeness (QED) is 0.659. The number of aryl methyl sites for hydroxylation is 1. The second-order valence-electron chi connectivity index (χ2n) is 5.26. The molecular formula is C21H28O2S. The van der Waals surface area contributed by atoms with Gasteiger partial charge in [-0.2, -0.15) is 0 Å². The van der Waals surface area contributed by atoms with Gasteiger partial charge in [-0.3, -0.25) is 0 Å². The summed E-state index contributed by atoms with van der Waals surface area (Å²) >= 11 is 4.82. The molecule has 1 fully saturated rings. The van der Waals surface area contributed by atoms with Crippen LogP contribution in [0.3, 0.4) is 0 Å². The summed E-state index contributed by atoms with van der Waals surface area (Å²) in [5, 5.41) is 0.276. The first-order valence-corrected chi connectivity index (χ1v) is 9.03. The summed E-state index contributed by atoms with van der Waals surface area (Å²) in [6, 6.07) is 20.7. The lowest BCUT2D eigenvalue weighted by Crippen LogP contribution is -2.18. The highest BCUT2D eigenvalue weighted by molar-refractivity contribution is 7.79. The molecule has 0 saturated carbocycles. The van der Waals surface area contributed by atoms with Gasteiger partial charge in [-0.25, -0.2) is 0 Å². The fourth-order valence-electron chi connectivity index (χ4n) is 2.27. The van der Waals surface area contributed by atoms with Crippen LogP contribution in [0.1, 0.15) is 44.7 Å². The standard InChI is InChI=1S/C11H12O2S.C8H10.C2H6/c1-8(9-5-3-2-4-6-9)10-7-12-11(14)13-10;1-2-8-6-4-3-5-7-8;1-2/h2-6,8,10H,7H2,1H3;3-7H,2H2,1H3;1-2H3. The van der Waals surface area contributed by atoms with Crippen molar-refractivity contribution in [1.29, 1.82) is 0 Å². The number of benzene rings is 2.